The molecule has 146 valence electrons. The fraction of sp³-hybridized carbons (Fsp3) is 0.176. The van der Waals surface area contributed by atoms with Crippen LogP contribution in [-0.2, 0) is 6.18 Å². The van der Waals surface area contributed by atoms with Crippen LogP contribution in [0.15, 0.2) is 42.5 Å². The van der Waals surface area contributed by atoms with Gasteiger partial charge >= 0.3 is 6.18 Å². The Morgan fingerprint density at radius 1 is 1.18 bits per heavy atom. The monoisotopic (exact) mass is 410 g/mol. The molecule has 1 aromatic carbocycles. The molecule has 0 aliphatic rings. The van der Waals surface area contributed by atoms with Crippen molar-refractivity contribution in [2.75, 3.05) is 14.1 Å². The number of rotatable bonds is 4. The summed E-state index contributed by atoms with van der Waals surface area (Å²) in [5, 5.41) is 14.4. The summed E-state index contributed by atoms with van der Waals surface area (Å²) < 4.78 is 40.7. The summed E-state index contributed by atoms with van der Waals surface area (Å²) in [4.78, 5) is 24.4. The Bertz CT molecular complexity index is 1040. The van der Waals surface area contributed by atoms with Crippen molar-refractivity contribution in [1.82, 2.24) is 14.7 Å². The largest absolute Gasteiger partial charge is 0.435 e. The first-order valence-corrected chi connectivity index (χ1v) is 8.63. The molecule has 2 heterocycles. The average molecular weight is 410 g/mol. The van der Waals surface area contributed by atoms with Gasteiger partial charge in [0.25, 0.3) is 11.6 Å². The molecular formula is C17H13F3N4O3S. The van der Waals surface area contributed by atoms with Crippen molar-refractivity contribution < 1.29 is 22.9 Å². The number of hydrogen-bond acceptors (Lipinski definition) is 5. The predicted octanol–water partition coefficient (Wildman–Crippen LogP) is 4.23. The van der Waals surface area contributed by atoms with E-state index in [0.717, 1.165) is 22.1 Å². The van der Waals surface area contributed by atoms with Crippen LogP contribution >= 0.6 is 11.3 Å². The highest BCUT2D eigenvalue weighted by Gasteiger charge is 2.35. The van der Waals surface area contributed by atoms with Crippen LogP contribution in [0.25, 0.3) is 16.3 Å². The predicted molar refractivity (Wildman–Crippen MR) is 96.6 cm³/mol. The van der Waals surface area contributed by atoms with E-state index >= 15 is 0 Å². The summed E-state index contributed by atoms with van der Waals surface area (Å²) >= 11 is 1.04. The van der Waals surface area contributed by atoms with Crippen molar-refractivity contribution in [3.8, 4) is 16.3 Å². The van der Waals surface area contributed by atoms with Crippen LogP contribution in [0.5, 0.6) is 0 Å². The maximum absolute atomic E-state index is 13.2. The number of nitro benzene ring substituents is 1. The van der Waals surface area contributed by atoms with Crippen LogP contribution in [0, 0.1) is 10.1 Å². The van der Waals surface area contributed by atoms with Crippen molar-refractivity contribution >= 4 is 22.9 Å². The molecule has 0 N–H and O–H groups in total. The first kappa shape index (κ1) is 19.5. The number of benzene rings is 1. The van der Waals surface area contributed by atoms with Crippen LogP contribution in [-0.4, -0.2) is 39.6 Å². The van der Waals surface area contributed by atoms with Gasteiger partial charge in [-0.2, -0.15) is 18.3 Å². The zero-order chi connectivity index (χ0) is 20.6. The van der Waals surface area contributed by atoms with Gasteiger partial charge in [-0.05, 0) is 30.3 Å². The van der Waals surface area contributed by atoms with Gasteiger partial charge in [0.2, 0.25) is 0 Å². The van der Waals surface area contributed by atoms with E-state index in [1.54, 1.807) is 20.2 Å². The highest BCUT2D eigenvalue weighted by atomic mass is 32.1. The second kappa shape index (κ2) is 7.08. The summed E-state index contributed by atoms with van der Waals surface area (Å²) in [5.41, 5.74) is -0.938. The fourth-order valence-electron chi connectivity index (χ4n) is 2.42. The number of alkyl halides is 3. The summed E-state index contributed by atoms with van der Waals surface area (Å²) in [6, 6.07) is 8.95. The molecule has 11 heteroatoms. The fourth-order valence-corrected chi connectivity index (χ4v) is 3.45. The van der Waals surface area contributed by atoms with E-state index in [1.165, 1.54) is 35.2 Å². The quantitative estimate of drug-likeness (QED) is 0.476. The number of halogens is 3. The number of nitrogens with zero attached hydrogens (tertiary/aromatic N) is 4. The van der Waals surface area contributed by atoms with Gasteiger partial charge in [0.15, 0.2) is 5.69 Å². The van der Waals surface area contributed by atoms with Gasteiger partial charge in [0.05, 0.1) is 26.1 Å². The first-order chi connectivity index (χ1) is 13.1. The summed E-state index contributed by atoms with van der Waals surface area (Å²) in [7, 11) is 3.15. The van der Waals surface area contributed by atoms with Gasteiger partial charge < -0.3 is 4.90 Å². The molecule has 1 amide bonds. The zero-order valence-electron chi connectivity index (χ0n) is 14.6. The van der Waals surface area contributed by atoms with E-state index in [2.05, 4.69) is 5.10 Å². The normalized spacial score (nSPS) is 11.5. The topological polar surface area (TPSA) is 81.3 Å². The number of aromatic nitrogens is 2. The Labute approximate surface area is 160 Å². The molecule has 0 fully saturated rings. The minimum Gasteiger partial charge on any atom is -0.344 e. The molecule has 0 aliphatic carbocycles. The maximum atomic E-state index is 13.2. The molecule has 0 saturated heterocycles. The van der Waals surface area contributed by atoms with Gasteiger partial charge in [-0.15, -0.1) is 11.3 Å². The zero-order valence-corrected chi connectivity index (χ0v) is 15.4. The minimum absolute atomic E-state index is 0.129. The molecule has 7 nitrogen and oxygen atoms in total. The van der Waals surface area contributed by atoms with Crippen LogP contribution in [0.1, 0.15) is 15.4 Å². The number of hydrogen-bond donors (Lipinski definition) is 0. The van der Waals surface area contributed by atoms with E-state index in [0.29, 0.717) is 9.75 Å². The Hall–Kier alpha value is -3.21. The Morgan fingerprint density at radius 3 is 2.36 bits per heavy atom. The van der Waals surface area contributed by atoms with Crippen LogP contribution in [0.4, 0.5) is 18.9 Å². The molecule has 3 aromatic rings. The highest BCUT2D eigenvalue weighted by molar-refractivity contribution is 7.17. The van der Waals surface area contributed by atoms with Crippen molar-refractivity contribution in [1.29, 1.82) is 0 Å². The van der Waals surface area contributed by atoms with Crippen molar-refractivity contribution in [3.63, 3.8) is 0 Å². The third-order valence-electron chi connectivity index (χ3n) is 3.78. The van der Waals surface area contributed by atoms with E-state index in [9.17, 15) is 28.1 Å². The van der Waals surface area contributed by atoms with Gasteiger partial charge in [-0.3, -0.25) is 14.9 Å². The van der Waals surface area contributed by atoms with E-state index in [1.807, 2.05) is 0 Å². The molecule has 0 radical (unpaired) electrons. The third kappa shape index (κ3) is 3.74. The molecule has 0 atom stereocenters. The molecule has 0 spiro atoms. The van der Waals surface area contributed by atoms with Crippen molar-refractivity contribution in [2.24, 2.45) is 0 Å². The average Bonchev–Trinajstić information content (AvgIpc) is 3.27. The Balaban J connectivity index is 2.11. The third-order valence-corrected chi connectivity index (χ3v) is 4.88. The summed E-state index contributed by atoms with van der Waals surface area (Å²) in [6.07, 6.45) is -4.67. The van der Waals surface area contributed by atoms with Crippen molar-refractivity contribution in [2.45, 2.75) is 6.18 Å². The lowest BCUT2D eigenvalue weighted by atomic mass is 10.2. The molecule has 28 heavy (non-hydrogen) atoms. The van der Waals surface area contributed by atoms with Gasteiger partial charge in [-0.25, -0.2) is 4.68 Å². The van der Waals surface area contributed by atoms with Crippen LogP contribution < -0.4 is 0 Å². The van der Waals surface area contributed by atoms with Crippen LogP contribution in [0.3, 0.4) is 0 Å². The van der Waals surface area contributed by atoms with Crippen molar-refractivity contribution in [3.05, 3.63) is 63.1 Å². The number of nitro groups is 1. The number of amides is 1. The number of carbonyl (C=O) groups excluding carboxylic acids is 1. The molecule has 0 aliphatic heterocycles. The molecule has 0 saturated carbocycles. The second-order valence-electron chi connectivity index (χ2n) is 5.96. The summed E-state index contributed by atoms with van der Waals surface area (Å²) in [6.45, 7) is 0. The molecule has 3 rings (SSSR count). The number of carbonyl (C=O) groups is 1. The smallest absolute Gasteiger partial charge is 0.344 e. The van der Waals surface area contributed by atoms with E-state index in [4.69, 9.17) is 0 Å². The first-order valence-electron chi connectivity index (χ1n) is 7.82. The van der Waals surface area contributed by atoms with Gasteiger partial charge in [-0.1, -0.05) is 0 Å². The molecule has 0 unspecified atom stereocenters. The van der Waals surface area contributed by atoms with Gasteiger partial charge in [0.1, 0.15) is 0 Å². The second-order valence-corrected chi connectivity index (χ2v) is 7.05. The Kier molecular flexibility index (Phi) is 4.94. The molecule has 2 aromatic heterocycles. The molecular weight excluding hydrogens is 397 g/mol. The standard InChI is InChI=1S/C17H13F3N4O3S/c1-22(2)16(25)14-8-7-13(28-14)12-9-15(17(18,19)20)21-23(12)10-3-5-11(6-4-10)24(26)27/h3-9H,1-2H3. The van der Waals surface area contributed by atoms with Gasteiger partial charge in [0, 0.05) is 26.2 Å². The molecule has 0 bridgehead atoms. The van der Waals surface area contributed by atoms with Crippen LogP contribution in [0.2, 0.25) is 0 Å². The highest BCUT2D eigenvalue weighted by Crippen LogP contribution is 2.36. The lowest BCUT2D eigenvalue weighted by Gasteiger charge is -2.08. The minimum atomic E-state index is -4.67. The van der Waals surface area contributed by atoms with E-state index < -0.39 is 16.8 Å². The number of thiophene rings is 1. The summed E-state index contributed by atoms with van der Waals surface area (Å²) in [5.74, 6) is -0.270. The lowest BCUT2D eigenvalue weighted by Crippen LogP contribution is -2.20. The van der Waals surface area contributed by atoms with E-state index in [-0.39, 0.29) is 23.0 Å². The Morgan fingerprint density at radius 2 is 1.82 bits per heavy atom. The SMILES string of the molecule is CN(C)C(=O)c1ccc(-c2cc(C(F)(F)F)nn2-c2ccc([N+](=O)[O-])cc2)s1. The number of non-ortho nitro benzene ring substituents is 1. The maximum Gasteiger partial charge on any atom is 0.435 e. The lowest BCUT2D eigenvalue weighted by molar-refractivity contribution is -0.384.